The number of para-hydroxylation sites is 1. The normalized spacial score (nSPS) is 15.3. The van der Waals surface area contributed by atoms with Crippen LogP contribution in [0, 0.1) is 5.82 Å². The topological polar surface area (TPSA) is 81.4 Å². The van der Waals surface area contributed by atoms with E-state index in [1.807, 2.05) is 0 Å². The molecule has 1 unspecified atom stereocenters. The Morgan fingerprint density at radius 1 is 1.06 bits per heavy atom. The van der Waals surface area contributed by atoms with Gasteiger partial charge < -0.3 is 15.8 Å². The molecule has 3 aromatic carbocycles. The number of benzene rings is 3. The van der Waals surface area contributed by atoms with Crippen LogP contribution >= 0.6 is 11.6 Å². The molecule has 1 aliphatic heterocycles. The first-order valence-electron chi connectivity index (χ1n) is 10.1. The van der Waals surface area contributed by atoms with Crippen molar-refractivity contribution < 1.29 is 31.9 Å². The fourth-order valence-electron chi connectivity index (χ4n) is 3.95. The molecule has 0 aliphatic carbocycles. The highest BCUT2D eigenvalue weighted by molar-refractivity contribution is 6.32. The molecule has 0 spiro atoms. The maximum absolute atomic E-state index is 14.3. The Morgan fingerprint density at radius 2 is 1.79 bits per heavy atom. The highest BCUT2D eigenvalue weighted by Gasteiger charge is 2.37. The van der Waals surface area contributed by atoms with Gasteiger partial charge in [0, 0.05) is 28.3 Å². The fraction of sp³-hybridized carbons (Fsp3) is 0.167. The van der Waals surface area contributed by atoms with E-state index in [-0.39, 0.29) is 41.2 Å². The lowest BCUT2D eigenvalue weighted by Gasteiger charge is -2.28. The van der Waals surface area contributed by atoms with Gasteiger partial charge in [-0.3, -0.25) is 9.59 Å². The fourth-order valence-corrected chi connectivity index (χ4v) is 4.22. The zero-order valence-corrected chi connectivity index (χ0v) is 18.1. The summed E-state index contributed by atoms with van der Waals surface area (Å²) in [6.07, 6.45) is -4.56. The van der Waals surface area contributed by atoms with Crippen LogP contribution in [0.2, 0.25) is 5.02 Å². The minimum Gasteiger partial charge on any atom is -0.490 e. The molecule has 5 nitrogen and oxygen atoms in total. The Morgan fingerprint density at radius 3 is 2.50 bits per heavy atom. The molecule has 2 amide bonds. The second kappa shape index (κ2) is 8.98. The summed E-state index contributed by atoms with van der Waals surface area (Å²) in [5.41, 5.74) is 4.73. The van der Waals surface area contributed by atoms with E-state index in [9.17, 15) is 27.2 Å². The number of alkyl halides is 3. The minimum atomic E-state index is -4.77. The Labute approximate surface area is 196 Å². The second-order valence-electron chi connectivity index (χ2n) is 7.66. The standard InChI is InChI=1S/C24H17ClF4N2O3/c25-19-11-17(23(33)31-13-4-1-3-12(9-13)22(30)32)16(10-18(19)24(27,28)29)14-7-8-34-21-15(14)5-2-6-20(21)26/h1-6,9-11,14H,7-8H2,(H2,30,32)(H,31,33). The van der Waals surface area contributed by atoms with Gasteiger partial charge in [0.2, 0.25) is 5.91 Å². The predicted octanol–water partition coefficient (Wildman–Crippen LogP) is 5.76. The summed E-state index contributed by atoms with van der Waals surface area (Å²) in [6.45, 7) is 0.0459. The second-order valence-corrected chi connectivity index (χ2v) is 8.07. The van der Waals surface area contributed by atoms with E-state index in [1.165, 1.54) is 36.4 Å². The van der Waals surface area contributed by atoms with E-state index >= 15 is 0 Å². The highest BCUT2D eigenvalue weighted by Crippen LogP contribution is 2.44. The number of nitrogens with two attached hydrogens (primary N) is 1. The number of halogens is 5. The first-order chi connectivity index (χ1) is 16.1. The molecule has 0 aromatic heterocycles. The van der Waals surface area contributed by atoms with Gasteiger partial charge >= 0.3 is 6.18 Å². The van der Waals surface area contributed by atoms with Crippen molar-refractivity contribution >= 4 is 29.1 Å². The lowest BCUT2D eigenvalue weighted by molar-refractivity contribution is -0.137. The number of fused-ring (bicyclic) bond motifs is 1. The number of rotatable bonds is 4. The number of hydrogen-bond acceptors (Lipinski definition) is 3. The van der Waals surface area contributed by atoms with Crippen molar-refractivity contribution in [1.82, 2.24) is 0 Å². The summed E-state index contributed by atoms with van der Waals surface area (Å²) in [7, 11) is 0. The minimum absolute atomic E-state index is 0.0235. The maximum Gasteiger partial charge on any atom is 0.417 e. The van der Waals surface area contributed by atoms with Crippen LogP contribution in [-0.2, 0) is 6.18 Å². The summed E-state index contributed by atoms with van der Waals surface area (Å²) in [6, 6.07) is 11.7. The van der Waals surface area contributed by atoms with Crippen molar-refractivity contribution in [1.29, 1.82) is 0 Å². The first kappa shape index (κ1) is 23.6. The van der Waals surface area contributed by atoms with Gasteiger partial charge in [0.15, 0.2) is 11.6 Å². The largest absolute Gasteiger partial charge is 0.490 e. The highest BCUT2D eigenvalue weighted by atomic mass is 35.5. The first-order valence-corrected chi connectivity index (χ1v) is 10.5. The molecule has 4 rings (SSSR count). The van der Waals surface area contributed by atoms with Gasteiger partial charge in [0.25, 0.3) is 5.91 Å². The lowest BCUT2D eigenvalue weighted by Crippen LogP contribution is -2.22. The van der Waals surface area contributed by atoms with Crippen LogP contribution < -0.4 is 15.8 Å². The quantitative estimate of drug-likeness (QED) is 0.454. The molecule has 0 saturated carbocycles. The van der Waals surface area contributed by atoms with Crippen molar-refractivity contribution in [2.24, 2.45) is 5.73 Å². The molecule has 0 bridgehead atoms. The maximum atomic E-state index is 14.3. The third-order valence-electron chi connectivity index (χ3n) is 5.50. The molecule has 176 valence electrons. The van der Waals surface area contributed by atoms with Crippen LogP contribution in [-0.4, -0.2) is 18.4 Å². The van der Waals surface area contributed by atoms with Crippen molar-refractivity contribution in [2.45, 2.75) is 18.5 Å². The van der Waals surface area contributed by atoms with E-state index < -0.39 is 40.3 Å². The number of amides is 2. The number of carbonyl (C=O) groups is 2. The summed E-state index contributed by atoms with van der Waals surface area (Å²) < 4.78 is 60.6. The van der Waals surface area contributed by atoms with E-state index in [0.717, 1.165) is 12.1 Å². The Kier molecular flexibility index (Phi) is 6.22. The Bertz CT molecular complexity index is 1290. The molecule has 0 radical (unpaired) electrons. The summed E-state index contributed by atoms with van der Waals surface area (Å²) in [5, 5.41) is 1.91. The predicted molar refractivity (Wildman–Crippen MR) is 118 cm³/mol. The SMILES string of the molecule is NC(=O)c1cccc(NC(=O)c2cc(Cl)c(C(F)(F)F)cc2C2CCOc3c(F)cccc32)c1. The van der Waals surface area contributed by atoms with Crippen molar-refractivity contribution in [3.05, 3.63) is 93.3 Å². The van der Waals surface area contributed by atoms with Crippen LogP contribution in [0.1, 0.15) is 49.7 Å². The van der Waals surface area contributed by atoms with E-state index in [2.05, 4.69) is 5.32 Å². The number of hydrogen-bond donors (Lipinski definition) is 2. The number of nitrogens with one attached hydrogen (secondary N) is 1. The molecular formula is C24H17ClF4N2O3. The number of anilines is 1. The molecule has 3 N–H and O–H groups in total. The van der Waals surface area contributed by atoms with Crippen LogP contribution in [0.3, 0.4) is 0 Å². The number of carbonyl (C=O) groups excluding carboxylic acids is 2. The average Bonchev–Trinajstić information content (AvgIpc) is 2.78. The van der Waals surface area contributed by atoms with Crippen molar-refractivity contribution in [2.75, 3.05) is 11.9 Å². The van der Waals surface area contributed by atoms with E-state index in [0.29, 0.717) is 5.56 Å². The molecule has 0 fully saturated rings. The Hall–Kier alpha value is -3.59. The van der Waals surface area contributed by atoms with Gasteiger partial charge in [-0.05, 0) is 48.4 Å². The zero-order valence-electron chi connectivity index (χ0n) is 17.4. The average molecular weight is 493 g/mol. The van der Waals surface area contributed by atoms with Crippen molar-refractivity contribution in [3.8, 4) is 5.75 Å². The van der Waals surface area contributed by atoms with Crippen LogP contribution in [0.15, 0.2) is 54.6 Å². The van der Waals surface area contributed by atoms with Gasteiger partial charge in [0.1, 0.15) is 0 Å². The molecule has 1 heterocycles. The third kappa shape index (κ3) is 4.56. The summed E-state index contributed by atoms with van der Waals surface area (Å²) in [5.74, 6) is -2.94. The molecular weight excluding hydrogens is 476 g/mol. The smallest absolute Gasteiger partial charge is 0.417 e. The van der Waals surface area contributed by atoms with Gasteiger partial charge in [-0.1, -0.05) is 29.8 Å². The molecule has 0 saturated heterocycles. The number of ether oxygens (including phenoxy) is 1. The lowest BCUT2D eigenvalue weighted by atomic mass is 9.83. The molecule has 1 atom stereocenters. The van der Waals surface area contributed by atoms with Gasteiger partial charge in [-0.15, -0.1) is 0 Å². The van der Waals surface area contributed by atoms with Gasteiger partial charge in [-0.25, -0.2) is 4.39 Å². The van der Waals surface area contributed by atoms with Gasteiger partial charge in [0.05, 0.1) is 17.2 Å². The Balaban J connectivity index is 1.83. The zero-order chi connectivity index (χ0) is 24.6. The van der Waals surface area contributed by atoms with E-state index in [4.69, 9.17) is 22.1 Å². The number of primary amides is 1. The van der Waals surface area contributed by atoms with Crippen LogP contribution in [0.25, 0.3) is 0 Å². The third-order valence-corrected chi connectivity index (χ3v) is 5.81. The molecule has 3 aromatic rings. The monoisotopic (exact) mass is 492 g/mol. The molecule has 34 heavy (non-hydrogen) atoms. The summed E-state index contributed by atoms with van der Waals surface area (Å²) in [4.78, 5) is 24.6. The van der Waals surface area contributed by atoms with Gasteiger partial charge in [-0.2, -0.15) is 13.2 Å². The molecule has 1 aliphatic rings. The molecule has 10 heteroatoms. The van der Waals surface area contributed by atoms with Crippen molar-refractivity contribution in [3.63, 3.8) is 0 Å². The van der Waals surface area contributed by atoms with Crippen LogP contribution in [0.5, 0.6) is 5.75 Å². The summed E-state index contributed by atoms with van der Waals surface area (Å²) >= 11 is 5.92. The van der Waals surface area contributed by atoms with E-state index in [1.54, 1.807) is 6.07 Å². The van der Waals surface area contributed by atoms with Crippen LogP contribution in [0.4, 0.5) is 23.2 Å².